The van der Waals surface area contributed by atoms with Crippen LogP contribution in [0.5, 0.6) is 5.75 Å². The maximum atomic E-state index is 9.48. The van der Waals surface area contributed by atoms with E-state index >= 15 is 0 Å². The molecule has 11 heteroatoms. The molecule has 0 saturated carbocycles. The van der Waals surface area contributed by atoms with E-state index in [1.54, 1.807) is 13.3 Å². The Kier molecular flexibility index (Phi) is 8.89. The standard InChI is InChI=1S/C25H38N8O3/c1-3-4-19(7-11-34)29-24-23-20(30-25(26)31-24)15-28-33(23)16-21-22(36-2)13-18(14-27-21)17-5-8-32(9-6-17)10-12-35/h13-15,17,19,34-35H,3-12,16H2,1-2H3,(H3,26,29,30,31)/t19-/m0/s1. The number of aliphatic hydroxyl groups excluding tert-OH is 2. The lowest BCUT2D eigenvalue weighted by molar-refractivity contribution is 0.164. The van der Waals surface area contributed by atoms with Gasteiger partial charge in [-0.05, 0) is 56.3 Å². The van der Waals surface area contributed by atoms with Crippen LogP contribution in [0.1, 0.15) is 56.2 Å². The van der Waals surface area contributed by atoms with E-state index in [4.69, 9.17) is 15.5 Å². The molecule has 11 nitrogen and oxygen atoms in total. The van der Waals surface area contributed by atoms with Crippen molar-refractivity contribution in [1.29, 1.82) is 0 Å². The number of β-amino-alcohol motifs (C(OH)–C–C–N with tert-alkyl or cyclic N) is 1. The highest BCUT2D eigenvalue weighted by Gasteiger charge is 2.23. The van der Waals surface area contributed by atoms with Crippen LogP contribution in [-0.2, 0) is 6.54 Å². The SMILES string of the molecule is CCC[C@@H](CCO)Nc1nc(N)nc2cnn(Cc3ncc(C4CCN(CCO)CC4)cc3OC)c12. The van der Waals surface area contributed by atoms with E-state index in [9.17, 15) is 10.2 Å². The molecule has 5 N–H and O–H groups in total. The Bertz CT molecular complexity index is 1120. The smallest absolute Gasteiger partial charge is 0.222 e. The first-order valence-corrected chi connectivity index (χ1v) is 12.8. The number of nitrogen functional groups attached to an aromatic ring is 1. The van der Waals surface area contributed by atoms with Gasteiger partial charge < -0.3 is 30.9 Å². The van der Waals surface area contributed by atoms with Gasteiger partial charge in [0.15, 0.2) is 5.82 Å². The van der Waals surface area contributed by atoms with Gasteiger partial charge >= 0.3 is 0 Å². The minimum Gasteiger partial charge on any atom is -0.495 e. The quantitative estimate of drug-likeness (QED) is 0.292. The number of nitrogens with zero attached hydrogens (tertiary/aromatic N) is 6. The van der Waals surface area contributed by atoms with Gasteiger partial charge in [0.25, 0.3) is 0 Å². The molecule has 3 aromatic heterocycles. The third kappa shape index (κ3) is 6.03. The molecule has 0 spiro atoms. The second kappa shape index (κ2) is 12.3. The Morgan fingerprint density at radius 1 is 1.17 bits per heavy atom. The number of piperidine rings is 1. The van der Waals surface area contributed by atoms with Crippen LogP contribution in [0.4, 0.5) is 11.8 Å². The largest absolute Gasteiger partial charge is 0.495 e. The number of rotatable bonds is 12. The lowest BCUT2D eigenvalue weighted by Crippen LogP contribution is -2.35. The molecule has 36 heavy (non-hydrogen) atoms. The number of nitrogens with one attached hydrogen (secondary N) is 1. The van der Waals surface area contributed by atoms with Crippen molar-refractivity contribution in [3.05, 3.63) is 29.7 Å². The number of likely N-dealkylation sites (tertiary alicyclic amines) is 1. The van der Waals surface area contributed by atoms with Crippen molar-refractivity contribution < 1.29 is 14.9 Å². The Hall–Kier alpha value is -3.02. The molecule has 0 aliphatic carbocycles. The van der Waals surface area contributed by atoms with Gasteiger partial charge in [-0.3, -0.25) is 9.67 Å². The Morgan fingerprint density at radius 2 is 1.97 bits per heavy atom. The van der Waals surface area contributed by atoms with Crippen molar-refractivity contribution >= 4 is 22.8 Å². The number of aromatic nitrogens is 5. The summed E-state index contributed by atoms with van der Waals surface area (Å²) in [6.45, 7) is 5.48. The molecular weight excluding hydrogens is 460 g/mol. The number of nitrogens with two attached hydrogens (primary N) is 1. The van der Waals surface area contributed by atoms with Gasteiger partial charge in [0.05, 0.1) is 26.5 Å². The Morgan fingerprint density at radius 3 is 2.67 bits per heavy atom. The van der Waals surface area contributed by atoms with Crippen LogP contribution in [0, 0.1) is 0 Å². The van der Waals surface area contributed by atoms with Crippen molar-refractivity contribution in [2.45, 2.75) is 57.5 Å². The van der Waals surface area contributed by atoms with E-state index in [0.717, 1.165) is 62.3 Å². The summed E-state index contributed by atoms with van der Waals surface area (Å²) in [7, 11) is 1.66. The first-order valence-electron chi connectivity index (χ1n) is 12.8. The van der Waals surface area contributed by atoms with Gasteiger partial charge in [-0.15, -0.1) is 0 Å². The summed E-state index contributed by atoms with van der Waals surface area (Å²) in [5.41, 5.74) is 9.31. The van der Waals surface area contributed by atoms with Crippen molar-refractivity contribution in [2.24, 2.45) is 0 Å². The van der Waals surface area contributed by atoms with Gasteiger partial charge in [0.2, 0.25) is 5.95 Å². The molecular formula is C25H38N8O3. The lowest BCUT2D eigenvalue weighted by atomic mass is 9.90. The van der Waals surface area contributed by atoms with Gasteiger partial charge in [-0.2, -0.15) is 10.1 Å². The predicted octanol–water partition coefficient (Wildman–Crippen LogP) is 2.00. The fourth-order valence-electron chi connectivity index (χ4n) is 5.00. The van der Waals surface area contributed by atoms with Crippen LogP contribution >= 0.6 is 0 Å². The predicted molar refractivity (Wildman–Crippen MR) is 139 cm³/mol. The average molecular weight is 499 g/mol. The number of hydrogen-bond acceptors (Lipinski definition) is 10. The number of fused-ring (bicyclic) bond motifs is 1. The lowest BCUT2D eigenvalue weighted by Gasteiger charge is -2.31. The number of hydrogen-bond donors (Lipinski definition) is 4. The average Bonchev–Trinajstić information content (AvgIpc) is 3.27. The first-order chi connectivity index (χ1) is 17.6. The molecule has 0 radical (unpaired) electrons. The zero-order valence-corrected chi connectivity index (χ0v) is 21.2. The summed E-state index contributed by atoms with van der Waals surface area (Å²) < 4.78 is 7.55. The van der Waals surface area contributed by atoms with Crippen molar-refractivity contribution in [3.8, 4) is 5.75 Å². The van der Waals surface area contributed by atoms with Gasteiger partial charge in [0.1, 0.15) is 22.5 Å². The van der Waals surface area contributed by atoms with E-state index in [1.165, 1.54) is 5.56 Å². The van der Waals surface area contributed by atoms with E-state index < -0.39 is 0 Å². The molecule has 4 heterocycles. The molecule has 1 aliphatic heterocycles. The molecule has 1 aliphatic rings. The van der Waals surface area contributed by atoms with E-state index in [0.29, 0.717) is 30.2 Å². The van der Waals surface area contributed by atoms with Crippen LogP contribution in [0.15, 0.2) is 18.5 Å². The summed E-state index contributed by atoms with van der Waals surface area (Å²) in [6.07, 6.45) is 8.19. The second-order valence-corrected chi connectivity index (χ2v) is 9.37. The normalized spacial score (nSPS) is 15.9. The van der Waals surface area contributed by atoms with Gasteiger partial charge in [0, 0.05) is 25.4 Å². The number of anilines is 2. The maximum Gasteiger partial charge on any atom is 0.222 e. The van der Waals surface area contributed by atoms with E-state index in [2.05, 4.69) is 38.3 Å². The third-order valence-corrected chi connectivity index (χ3v) is 6.91. The van der Waals surface area contributed by atoms with Crippen molar-refractivity contribution in [2.75, 3.05) is 51.0 Å². The third-order valence-electron chi connectivity index (χ3n) is 6.91. The second-order valence-electron chi connectivity index (χ2n) is 9.37. The van der Waals surface area contributed by atoms with Gasteiger partial charge in [-0.1, -0.05) is 13.3 Å². The molecule has 4 rings (SSSR count). The highest BCUT2D eigenvalue weighted by atomic mass is 16.5. The minimum atomic E-state index is 0.0663. The summed E-state index contributed by atoms with van der Waals surface area (Å²) in [5, 5.41) is 26.7. The highest BCUT2D eigenvalue weighted by Crippen LogP contribution is 2.31. The van der Waals surface area contributed by atoms with Crippen LogP contribution in [-0.4, -0.2) is 85.8 Å². The fourth-order valence-corrected chi connectivity index (χ4v) is 5.00. The molecule has 3 aromatic rings. The summed E-state index contributed by atoms with van der Waals surface area (Å²) in [4.78, 5) is 15.9. The molecule has 196 valence electrons. The zero-order valence-electron chi connectivity index (χ0n) is 21.2. The fraction of sp³-hybridized carbons (Fsp3) is 0.600. The maximum absolute atomic E-state index is 9.48. The highest BCUT2D eigenvalue weighted by molar-refractivity contribution is 5.86. The summed E-state index contributed by atoms with van der Waals surface area (Å²) in [5.74, 6) is 1.93. The Balaban J connectivity index is 1.58. The number of pyridine rings is 1. The number of ether oxygens (including phenoxy) is 1. The van der Waals surface area contributed by atoms with E-state index in [1.807, 2.05) is 10.9 Å². The van der Waals surface area contributed by atoms with Crippen LogP contribution in [0.25, 0.3) is 11.0 Å². The van der Waals surface area contributed by atoms with Crippen LogP contribution in [0.3, 0.4) is 0 Å². The number of aliphatic hydroxyl groups is 2. The number of methoxy groups -OCH3 is 1. The topological polar surface area (TPSA) is 147 Å². The van der Waals surface area contributed by atoms with E-state index in [-0.39, 0.29) is 25.2 Å². The zero-order chi connectivity index (χ0) is 25.5. The van der Waals surface area contributed by atoms with Crippen molar-refractivity contribution in [3.63, 3.8) is 0 Å². The van der Waals surface area contributed by atoms with Crippen LogP contribution < -0.4 is 15.8 Å². The molecule has 1 fully saturated rings. The molecule has 0 amide bonds. The first kappa shape index (κ1) is 26.1. The molecule has 0 bridgehead atoms. The monoisotopic (exact) mass is 498 g/mol. The molecule has 0 unspecified atom stereocenters. The molecule has 1 atom stereocenters. The summed E-state index contributed by atoms with van der Waals surface area (Å²) >= 11 is 0. The minimum absolute atomic E-state index is 0.0663. The van der Waals surface area contributed by atoms with Crippen molar-refractivity contribution in [1.82, 2.24) is 29.6 Å². The molecule has 0 aromatic carbocycles. The van der Waals surface area contributed by atoms with Gasteiger partial charge in [-0.25, -0.2) is 4.98 Å². The summed E-state index contributed by atoms with van der Waals surface area (Å²) in [6, 6.07) is 2.16. The Labute approximate surface area is 211 Å². The molecule has 1 saturated heterocycles. The van der Waals surface area contributed by atoms with Crippen LogP contribution in [0.2, 0.25) is 0 Å².